The van der Waals surface area contributed by atoms with Crippen molar-refractivity contribution >= 4 is 50.6 Å². The number of benzene rings is 5. The van der Waals surface area contributed by atoms with E-state index < -0.39 is 5.97 Å². The second-order valence-corrected chi connectivity index (χ2v) is 10.3. The maximum absolute atomic E-state index is 13.6. The molecule has 1 heterocycles. The third-order valence-corrected chi connectivity index (χ3v) is 7.46. The van der Waals surface area contributed by atoms with E-state index in [1.165, 1.54) is 12.1 Å². The Labute approximate surface area is 253 Å². The summed E-state index contributed by atoms with van der Waals surface area (Å²) >= 11 is 0. The molecule has 8 nitrogen and oxygen atoms in total. The normalized spacial score (nSPS) is 10.7. The molecule has 44 heavy (non-hydrogen) atoms. The first-order chi connectivity index (χ1) is 21.4. The lowest BCUT2D eigenvalue weighted by Crippen LogP contribution is -2.23. The number of carboxylic acid groups (broad SMARTS) is 1. The summed E-state index contributed by atoms with van der Waals surface area (Å²) in [6.45, 7) is 8.09. The highest BCUT2D eigenvalue weighted by atomic mass is 16.4. The van der Waals surface area contributed by atoms with E-state index in [0.717, 1.165) is 44.2 Å². The number of nitrogens with zero attached hydrogens (tertiary/aromatic N) is 3. The highest BCUT2D eigenvalue weighted by molar-refractivity contribution is 6.09. The van der Waals surface area contributed by atoms with Gasteiger partial charge in [-0.25, -0.2) is 9.64 Å². The zero-order valence-corrected chi connectivity index (χ0v) is 23.4. The lowest BCUT2D eigenvalue weighted by Gasteiger charge is -2.15. The third-order valence-electron chi connectivity index (χ3n) is 7.46. The third kappa shape index (κ3) is 5.69. The van der Waals surface area contributed by atoms with Crippen molar-refractivity contribution < 1.29 is 14.7 Å². The summed E-state index contributed by atoms with van der Waals surface area (Å²) in [6, 6.07) is 33.1. The molecule has 0 aliphatic heterocycles. The van der Waals surface area contributed by atoms with Gasteiger partial charge in [0.05, 0.1) is 34.8 Å². The monoisotopic (exact) mass is 575 g/mol. The molecule has 1 aromatic heterocycles. The van der Waals surface area contributed by atoms with Crippen molar-refractivity contribution in [1.82, 2.24) is 9.88 Å². The molecule has 8 heteroatoms. The minimum atomic E-state index is -1.00. The smallest absolute Gasteiger partial charge is 0.335 e. The summed E-state index contributed by atoms with van der Waals surface area (Å²) in [6.07, 6.45) is 1.95. The number of nitriles is 1. The second-order valence-electron chi connectivity index (χ2n) is 10.3. The first-order valence-corrected chi connectivity index (χ1v) is 13.8. The van der Waals surface area contributed by atoms with Crippen molar-refractivity contribution in [1.29, 1.82) is 5.26 Å². The maximum Gasteiger partial charge on any atom is 0.335 e. The summed E-state index contributed by atoms with van der Waals surface area (Å²) in [4.78, 5) is 28.3. The Bertz CT molecular complexity index is 2150. The number of hydrogen-bond acceptors (Lipinski definition) is 4. The van der Waals surface area contributed by atoms with Gasteiger partial charge in [-0.05, 0) is 76.5 Å². The molecule has 6 rings (SSSR count). The zero-order chi connectivity index (χ0) is 30.6. The van der Waals surface area contributed by atoms with Crippen LogP contribution in [0.5, 0.6) is 0 Å². The van der Waals surface area contributed by atoms with Crippen molar-refractivity contribution in [2.45, 2.75) is 13.1 Å². The van der Waals surface area contributed by atoms with E-state index in [-0.39, 0.29) is 18.0 Å². The molecule has 212 valence electrons. The van der Waals surface area contributed by atoms with Crippen molar-refractivity contribution in [3.63, 3.8) is 0 Å². The lowest BCUT2D eigenvalue weighted by atomic mass is 10.1. The number of rotatable bonds is 8. The predicted octanol–water partition coefficient (Wildman–Crippen LogP) is 7.64. The number of hydrogen-bond donors (Lipinski definition) is 3. The van der Waals surface area contributed by atoms with Crippen molar-refractivity contribution in [2.24, 2.45) is 0 Å². The van der Waals surface area contributed by atoms with Gasteiger partial charge in [-0.15, -0.1) is 0 Å². The Balaban J connectivity index is 1.36. The Kier molecular flexibility index (Phi) is 7.48. The van der Waals surface area contributed by atoms with Crippen LogP contribution in [0.1, 0.15) is 37.4 Å². The Morgan fingerprint density at radius 3 is 2.45 bits per heavy atom. The quantitative estimate of drug-likeness (QED) is 0.162. The molecule has 3 N–H and O–H groups in total. The Morgan fingerprint density at radius 1 is 0.886 bits per heavy atom. The molecule has 0 saturated heterocycles. The van der Waals surface area contributed by atoms with Crippen LogP contribution in [0.4, 0.5) is 17.1 Å². The van der Waals surface area contributed by atoms with Crippen LogP contribution in [0.2, 0.25) is 0 Å². The Hall–Kier alpha value is -6.38. The molecule has 0 spiro atoms. The van der Waals surface area contributed by atoms with Gasteiger partial charge in [-0.1, -0.05) is 48.5 Å². The predicted molar refractivity (Wildman–Crippen MR) is 170 cm³/mol. The van der Waals surface area contributed by atoms with Crippen LogP contribution >= 0.6 is 0 Å². The standard InChI is InChI=1S/C36H25N5O3/c1-38-29-12-11-26-8-7-25(17-28(26)19-29)22-41-16-15-31-33(40-30-4-2-3-24(18-30)20-37)14-13-32(34(31)41)35(42)39-21-23-5-9-27(10-6-23)36(43)44/h2-19,40H,21-22H2,(H,39,42)(H,43,44). The van der Waals surface area contributed by atoms with Crippen LogP contribution in [0.15, 0.2) is 109 Å². The fraction of sp³-hybridized carbons (Fsp3) is 0.0556. The van der Waals surface area contributed by atoms with Gasteiger partial charge in [-0.3, -0.25) is 4.79 Å². The number of amides is 1. The van der Waals surface area contributed by atoms with Crippen LogP contribution in [0.25, 0.3) is 26.5 Å². The number of carboxylic acids is 1. The fourth-order valence-corrected chi connectivity index (χ4v) is 5.26. The molecule has 6 aromatic rings. The average molecular weight is 576 g/mol. The van der Waals surface area contributed by atoms with Gasteiger partial charge in [0, 0.05) is 36.0 Å². The van der Waals surface area contributed by atoms with Crippen molar-refractivity contribution in [3.8, 4) is 6.07 Å². The summed E-state index contributed by atoms with van der Waals surface area (Å²) in [5, 5.41) is 27.7. The summed E-state index contributed by atoms with van der Waals surface area (Å²) < 4.78 is 2.03. The summed E-state index contributed by atoms with van der Waals surface area (Å²) in [5.41, 5.74) is 5.85. The molecular weight excluding hydrogens is 550 g/mol. The zero-order valence-electron chi connectivity index (χ0n) is 23.4. The van der Waals surface area contributed by atoms with Crippen LogP contribution < -0.4 is 10.6 Å². The molecule has 0 unspecified atom stereocenters. The first-order valence-electron chi connectivity index (χ1n) is 13.8. The highest BCUT2D eigenvalue weighted by Crippen LogP contribution is 2.32. The van der Waals surface area contributed by atoms with E-state index in [0.29, 0.717) is 23.4 Å². The van der Waals surface area contributed by atoms with E-state index in [4.69, 9.17) is 11.7 Å². The topological polar surface area (TPSA) is 112 Å². The molecular formula is C36H25N5O3. The van der Waals surface area contributed by atoms with Crippen molar-refractivity contribution in [2.75, 3.05) is 5.32 Å². The second kappa shape index (κ2) is 11.8. The van der Waals surface area contributed by atoms with Gasteiger partial charge < -0.3 is 20.3 Å². The molecule has 0 aliphatic rings. The summed E-state index contributed by atoms with van der Waals surface area (Å²) in [5.74, 6) is -1.27. The van der Waals surface area contributed by atoms with Crippen LogP contribution in [-0.2, 0) is 13.1 Å². The molecule has 0 fully saturated rings. The number of carbonyl (C=O) groups excluding carboxylic acids is 1. The Morgan fingerprint density at radius 2 is 1.68 bits per heavy atom. The molecule has 0 saturated carbocycles. The largest absolute Gasteiger partial charge is 0.478 e. The molecule has 0 bridgehead atoms. The number of nitrogens with one attached hydrogen (secondary N) is 2. The number of aromatic carboxylic acids is 1. The molecule has 5 aromatic carbocycles. The highest BCUT2D eigenvalue weighted by Gasteiger charge is 2.17. The van der Waals surface area contributed by atoms with E-state index in [1.807, 2.05) is 59.3 Å². The van der Waals surface area contributed by atoms with Gasteiger partial charge in [0.25, 0.3) is 5.91 Å². The fourth-order valence-electron chi connectivity index (χ4n) is 5.26. The van der Waals surface area contributed by atoms with Gasteiger partial charge in [0.2, 0.25) is 0 Å². The molecule has 0 aliphatic carbocycles. The van der Waals surface area contributed by atoms with E-state index in [2.05, 4.69) is 27.6 Å². The van der Waals surface area contributed by atoms with Gasteiger partial charge in [0.15, 0.2) is 5.69 Å². The van der Waals surface area contributed by atoms with Crippen LogP contribution in [0, 0.1) is 17.9 Å². The maximum atomic E-state index is 13.6. The number of carbonyl (C=O) groups is 2. The van der Waals surface area contributed by atoms with Crippen molar-refractivity contribution in [3.05, 3.63) is 149 Å². The van der Waals surface area contributed by atoms with E-state index in [1.54, 1.807) is 36.4 Å². The SMILES string of the molecule is [C-]#[N+]c1ccc2ccc(Cn3ccc4c(Nc5cccc(C#N)c5)ccc(C(=O)NCc5ccc(C(=O)O)cc5)c43)cc2c1. The van der Waals surface area contributed by atoms with Gasteiger partial charge in [-0.2, -0.15) is 5.26 Å². The van der Waals surface area contributed by atoms with Crippen LogP contribution in [-0.4, -0.2) is 21.6 Å². The number of anilines is 2. The van der Waals surface area contributed by atoms with E-state index >= 15 is 0 Å². The number of aromatic nitrogens is 1. The number of fused-ring (bicyclic) bond motifs is 2. The minimum Gasteiger partial charge on any atom is -0.478 e. The minimum absolute atomic E-state index is 0.182. The average Bonchev–Trinajstić information content (AvgIpc) is 3.47. The molecule has 0 radical (unpaired) electrons. The summed E-state index contributed by atoms with van der Waals surface area (Å²) in [7, 11) is 0. The molecule has 0 atom stereocenters. The van der Waals surface area contributed by atoms with Crippen LogP contribution in [0.3, 0.4) is 0 Å². The first kappa shape index (κ1) is 27.8. The van der Waals surface area contributed by atoms with Gasteiger partial charge in [0.1, 0.15) is 0 Å². The lowest BCUT2D eigenvalue weighted by molar-refractivity contribution is 0.0696. The van der Waals surface area contributed by atoms with Gasteiger partial charge >= 0.3 is 5.97 Å². The molecule has 1 amide bonds. The van der Waals surface area contributed by atoms with E-state index in [9.17, 15) is 14.9 Å².